The van der Waals surface area contributed by atoms with Gasteiger partial charge in [0.25, 0.3) is 0 Å². The molecule has 4 nitrogen and oxygen atoms in total. The molecule has 0 saturated heterocycles. The average molecular weight is 184 g/mol. The highest BCUT2D eigenvalue weighted by Gasteiger charge is 2.19. The zero-order valence-corrected chi connectivity index (χ0v) is 7.45. The highest BCUT2D eigenvalue weighted by atomic mass is 32.5. The van der Waals surface area contributed by atoms with E-state index >= 15 is 0 Å². The molecule has 0 radical (unpaired) electrons. The number of rotatable bonds is 4. The zero-order chi connectivity index (χ0) is 8.20. The molecule has 10 heavy (non-hydrogen) atoms. The molecule has 0 aliphatic heterocycles. The van der Waals surface area contributed by atoms with Gasteiger partial charge in [0.05, 0.1) is 0 Å². The van der Waals surface area contributed by atoms with Gasteiger partial charge in [0.15, 0.2) is 6.49 Å². The number of hydrogen-bond acceptors (Lipinski definition) is 4. The molecule has 0 aliphatic rings. The van der Waals surface area contributed by atoms with E-state index in [1.54, 1.807) is 0 Å². The Hall–Kier alpha value is 0.0400. The molecule has 0 rings (SSSR count). The van der Waals surface area contributed by atoms with E-state index in [9.17, 15) is 4.79 Å². The fourth-order valence-corrected chi connectivity index (χ4v) is 1.44. The highest BCUT2D eigenvalue weighted by Crippen LogP contribution is 2.46. The molecule has 0 aliphatic carbocycles. The normalized spacial score (nSPS) is 11.4. The van der Waals surface area contributed by atoms with E-state index in [0.717, 1.165) is 0 Å². The first kappa shape index (κ1) is 10.0. The summed E-state index contributed by atoms with van der Waals surface area (Å²) in [4.78, 5) is 10.1. The van der Waals surface area contributed by atoms with Crippen molar-refractivity contribution in [3.05, 3.63) is 0 Å². The van der Waals surface area contributed by atoms with Crippen molar-refractivity contribution in [1.82, 2.24) is 0 Å². The van der Waals surface area contributed by atoms with Crippen LogP contribution in [-0.4, -0.2) is 31.5 Å². The molecule has 0 saturated carbocycles. The third-order valence-electron chi connectivity index (χ3n) is 0.885. The Labute approximate surface area is 64.3 Å². The fourth-order valence-electron chi connectivity index (χ4n) is 0.369. The van der Waals surface area contributed by atoms with Gasteiger partial charge in [-0.1, -0.05) is 0 Å². The van der Waals surface area contributed by atoms with Crippen LogP contribution < -0.4 is 0 Å². The van der Waals surface area contributed by atoms with Gasteiger partial charge in [0.1, 0.15) is 6.16 Å². The molecule has 0 spiro atoms. The van der Waals surface area contributed by atoms with Crippen LogP contribution in [0.25, 0.3) is 0 Å². The van der Waals surface area contributed by atoms with Crippen LogP contribution in [0.1, 0.15) is 0 Å². The monoisotopic (exact) mass is 184 g/mol. The quantitative estimate of drug-likeness (QED) is 0.651. The molecule has 0 aromatic rings. The van der Waals surface area contributed by atoms with Crippen LogP contribution in [0, 0.1) is 0 Å². The van der Waals surface area contributed by atoms with Crippen molar-refractivity contribution in [2.45, 2.75) is 0 Å². The lowest BCUT2D eigenvalue weighted by Crippen LogP contribution is -2.05. The van der Waals surface area contributed by atoms with Crippen LogP contribution in [0.5, 0.6) is 0 Å². The second-order valence-corrected chi connectivity index (χ2v) is 5.47. The smallest absolute Gasteiger partial charge is 0.313 e. The van der Waals surface area contributed by atoms with Crippen molar-refractivity contribution in [3.63, 3.8) is 0 Å². The van der Waals surface area contributed by atoms with Gasteiger partial charge < -0.3 is 14.2 Å². The summed E-state index contributed by atoms with van der Waals surface area (Å²) >= 11 is 4.77. The van der Waals surface area contributed by atoms with Crippen LogP contribution in [0.2, 0.25) is 0 Å². The lowest BCUT2D eigenvalue weighted by atomic mass is 10.8. The summed E-state index contributed by atoms with van der Waals surface area (Å²) in [7, 11) is 2.71. The maximum Gasteiger partial charge on any atom is 0.313 e. The van der Waals surface area contributed by atoms with E-state index in [2.05, 4.69) is 0 Å². The SMILES string of the molecule is COP(=S)(CC(=O)O)OC. The molecule has 1 N–H and O–H groups in total. The maximum absolute atomic E-state index is 10.1. The van der Waals surface area contributed by atoms with Gasteiger partial charge in [0.2, 0.25) is 0 Å². The van der Waals surface area contributed by atoms with Gasteiger partial charge in [-0.2, -0.15) is 0 Å². The van der Waals surface area contributed by atoms with Gasteiger partial charge in [-0.15, -0.1) is 0 Å². The van der Waals surface area contributed by atoms with Crippen LogP contribution in [0.4, 0.5) is 0 Å². The van der Waals surface area contributed by atoms with Gasteiger partial charge in [-0.05, 0) is 11.8 Å². The van der Waals surface area contributed by atoms with E-state index in [0.29, 0.717) is 0 Å². The van der Waals surface area contributed by atoms with Crippen LogP contribution in [0.3, 0.4) is 0 Å². The van der Waals surface area contributed by atoms with Gasteiger partial charge in [0, 0.05) is 14.2 Å². The summed E-state index contributed by atoms with van der Waals surface area (Å²) in [6, 6.07) is 0. The number of carboxylic acid groups (broad SMARTS) is 1. The van der Waals surface area contributed by atoms with E-state index in [4.69, 9.17) is 26.0 Å². The highest BCUT2D eigenvalue weighted by molar-refractivity contribution is 8.10. The van der Waals surface area contributed by atoms with Gasteiger partial charge in [-0.3, -0.25) is 4.79 Å². The molecule has 60 valence electrons. The standard InChI is InChI=1S/C4H9O4PS/c1-7-9(10,8-2)3-4(5)6/h3H2,1-2H3,(H,5,6). The van der Waals surface area contributed by atoms with E-state index in [1.165, 1.54) is 14.2 Å². The first-order valence-electron chi connectivity index (χ1n) is 2.46. The molecule has 0 fully saturated rings. The Morgan fingerprint density at radius 2 is 2.00 bits per heavy atom. The minimum atomic E-state index is -2.50. The minimum Gasteiger partial charge on any atom is -0.481 e. The molecule has 0 unspecified atom stereocenters. The summed E-state index contributed by atoms with van der Waals surface area (Å²) < 4.78 is 9.44. The summed E-state index contributed by atoms with van der Waals surface area (Å²) in [5.74, 6) is -0.993. The van der Waals surface area contributed by atoms with Crippen LogP contribution in [0.15, 0.2) is 0 Å². The molecule has 6 heteroatoms. The third-order valence-corrected chi connectivity index (χ3v) is 3.94. The Bertz CT molecular complexity index is 161. The van der Waals surface area contributed by atoms with Crippen LogP contribution >= 0.6 is 6.49 Å². The molecule has 0 amide bonds. The number of aliphatic carboxylic acids is 1. The lowest BCUT2D eigenvalue weighted by molar-refractivity contribution is -0.134. The van der Waals surface area contributed by atoms with Crippen molar-refractivity contribution >= 4 is 24.3 Å². The van der Waals surface area contributed by atoms with E-state index < -0.39 is 12.5 Å². The van der Waals surface area contributed by atoms with Crippen molar-refractivity contribution < 1.29 is 18.9 Å². The second-order valence-electron chi connectivity index (χ2n) is 1.53. The largest absolute Gasteiger partial charge is 0.481 e. The Morgan fingerprint density at radius 3 is 2.10 bits per heavy atom. The third kappa shape index (κ3) is 3.27. The zero-order valence-electron chi connectivity index (χ0n) is 5.73. The number of hydrogen-bond donors (Lipinski definition) is 1. The fraction of sp³-hybridized carbons (Fsp3) is 0.750. The number of carbonyl (C=O) groups is 1. The van der Waals surface area contributed by atoms with E-state index in [1.807, 2.05) is 0 Å². The molecule has 0 heterocycles. The van der Waals surface area contributed by atoms with Gasteiger partial charge >= 0.3 is 5.97 Å². The lowest BCUT2D eigenvalue weighted by Gasteiger charge is -2.14. The Morgan fingerprint density at radius 1 is 1.60 bits per heavy atom. The van der Waals surface area contributed by atoms with Crippen LogP contribution in [-0.2, 0) is 25.6 Å². The summed E-state index contributed by atoms with van der Waals surface area (Å²) in [5.41, 5.74) is 0. The number of carboxylic acids is 1. The molecule has 0 aromatic heterocycles. The van der Waals surface area contributed by atoms with Crippen molar-refractivity contribution in [3.8, 4) is 0 Å². The van der Waals surface area contributed by atoms with Crippen molar-refractivity contribution in [2.75, 3.05) is 20.4 Å². The topological polar surface area (TPSA) is 55.8 Å². The Kier molecular flexibility index (Phi) is 4.05. The molecule has 0 bridgehead atoms. The summed E-state index contributed by atoms with van der Waals surface area (Å²) in [6.45, 7) is -2.50. The van der Waals surface area contributed by atoms with Gasteiger partial charge in [-0.25, -0.2) is 0 Å². The molecular formula is C4H9O4PS. The predicted molar refractivity (Wildman–Crippen MR) is 40.8 cm³/mol. The Balaban J connectivity index is 4.07. The first-order chi connectivity index (χ1) is 4.54. The average Bonchev–Trinajstić information content (AvgIpc) is 1.87. The first-order valence-corrected chi connectivity index (χ1v) is 5.29. The van der Waals surface area contributed by atoms with Crippen molar-refractivity contribution in [1.29, 1.82) is 0 Å². The molecule has 0 atom stereocenters. The second kappa shape index (κ2) is 4.03. The van der Waals surface area contributed by atoms with E-state index in [-0.39, 0.29) is 6.16 Å². The maximum atomic E-state index is 10.1. The molecular weight excluding hydrogens is 175 g/mol. The minimum absolute atomic E-state index is 0.227. The summed E-state index contributed by atoms with van der Waals surface area (Å²) in [5, 5.41) is 8.31. The van der Waals surface area contributed by atoms with Crippen molar-refractivity contribution in [2.24, 2.45) is 0 Å². The predicted octanol–water partition coefficient (Wildman–Crippen LogP) is 0.673. The molecule has 0 aromatic carbocycles. The summed E-state index contributed by atoms with van der Waals surface area (Å²) in [6.07, 6.45) is -0.227.